The van der Waals surface area contributed by atoms with Crippen LogP contribution in [0.2, 0.25) is 0 Å². The molecule has 1 N–H and O–H groups in total. The molecule has 0 heterocycles. The van der Waals surface area contributed by atoms with E-state index in [9.17, 15) is 0 Å². The van der Waals surface area contributed by atoms with Gasteiger partial charge in [-0.05, 0) is 71.5 Å². The summed E-state index contributed by atoms with van der Waals surface area (Å²) >= 11 is 2.29. The van der Waals surface area contributed by atoms with Crippen LogP contribution in [0.5, 0.6) is 11.5 Å². The number of ether oxygens (including phenoxy) is 1. The van der Waals surface area contributed by atoms with Gasteiger partial charge in [-0.25, -0.2) is 0 Å². The molecule has 100 valence electrons. The number of nitrogens with one attached hydrogen (secondary N) is 1. The van der Waals surface area contributed by atoms with Gasteiger partial charge >= 0.3 is 0 Å². The smallest absolute Gasteiger partial charge is 0.128 e. The van der Waals surface area contributed by atoms with Crippen LogP contribution in [0, 0.1) is 3.57 Å². The Balaban J connectivity index is 2.02. The fourth-order valence-electron chi connectivity index (χ4n) is 1.80. The molecule has 0 fully saturated rings. The Morgan fingerprint density at radius 1 is 1.05 bits per heavy atom. The lowest BCUT2D eigenvalue weighted by atomic mass is 10.2. The van der Waals surface area contributed by atoms with Gasteiger partial charge in [-0.2, -0.15) is 0 Å². The summed E-state index contributed by atoms with van der Waals surface area (Å²) in [6.45, 7) is 4.10. The van der Waals surface area contributed by atoms with Crippen LogP contribution in [-0.2, 0) is 6.54 Å². The highest BCUT2D eigenvalue weighted by Crippen LogP contribution is 2.23. The van der Waals surface area contributed by atoms with Crippen molar-refractivity contribution in [2.24, 2.45) is 0 Å². The summed E-state index contributed by atoms with van der Waals surface area (Å²) in [5.74, 6) is 1.77. The van der Waals surface area contributed by atoms with Crippen LogP contribution >= 0.6 is 22.6 Å². The van der Waals surface area contributed by atoms with Gasteiger partial charge in [0.2, 0.25) is 0 Å². The van der Waals surface area contributed by atoms with Crippen LogP contribution in [-0.4, -0.2) is 6.54 Å². The second-order valence-corrected chi connectivity index (χ2v) is 5.63. The zero-order chi connectivity index (χ0) is 13.5. The van der Waals surface area contributed by atoms with Crippen molar-refractivity contribution in [1.82, 2.24) is 5.32 Å². The van der Waals surface area contributed by atoms with Crippen LogP contribution in [0.3, 0.4) is 0 Å². The van der Waals surface area contributed by atoms with Gasteiger partial charge in [0.25, 0.3) is 0 Å². The normalized spacial score (nSPS) is 10.4. The quantitative estimate of drug-likeness (QED) is 0.596. The first kappa shape index (κ1) is 14.3. The molecule has 0 saturated heterocycles. The Kier molecular flexibility index (Phi) is 5.66. The highest BCUT2D eigenvalue weighted by atomic mass is 127. The van der Waals surface area contributed by atoms with Gasteiger partial charge in [-0.1, -0.05) is 25.1 Å². The summed E-state index contributed by atoms with van der Waals surface area (Å²) in [5, 5.41) is 3.39. The van der Waals surface area contributed by atoms with Crippen LogP contribution < -0.4 is 10.1 Å². The van der Waals surface area contributed by atoms with E-state index in [4.69, 9.17) is 4.74 Å². The fraction of sp³-hybridized carbons (Fsp3) is 0.250. The molecule has 0 aliphatic heterocycles. The maximum absolute atomic E-state index is 5.87. The first-order chi connectivity index (χ1) is 9.28. The van der Waals surface area contributed by atoms with E-state index in [1.165, 1.54) is 9.13 Å². The van der Waals surface area contributed by atoms with Crippen LogP contribution in [0.25, 0.3) is 0 Å². The third-order valence-corrected chi connectivity index (χ3v) is 3.36. The van der Waals surface area contributed by atoms with E-state index >= 15 is 0 Å². The number of rotatable bonds is 6. The highest BCUT2D eigenvalue weighted by Gasteiger charge is 1.99. The molecule has 2 rings (SSSR count). The van der Waals surface area contributed by atoms with Crippen molar-refractivity contribution >= 4 is 22.6 Å². The first-order valence-corrected chi connectivity index (χ1v) is 7.59. The van der Waals surface area contributed by atoms with Crippen molar-refractivity contribution in [3.05, 3.63) is 57.7 Å². The predicted octanol–water partition coefficient (Wildman–Crippen LogP) is 4.58. The second kappa shape index (κ2) is 7.50. The van der Waals surface area contributed by atoms with E-state index in [1.807, 2.05) is 30.3 Å². The molecule has 0 aliphatic rings. The Labute approximate surface area is 128 Å². The zero-order valence-corrected chi connectivity index (χ0v) is 13.2. The van der Waals surface area contributed by atoms with Gasteiger partial charge in [0.1, 0.15) is 11.5 Å². The predicted molar refractivity (Wildman–Crippen MR) is 87.7 cm³/mol. The van der Waals surface area contributed by atoms with Gasteiger partial charge in [-0.3, -0.25) is 0 Å². The van der Waals surface area contributed by atoms with Crippen molar-refractivity contribution in [2.75, 3.05) is 6.54 Å². The van der Waals surface area contributed by atoms with Gasteiger partial charge in [-0.15, -0.1) is 0 Å². The largest absolute Gasteiger partial charge is 0.457 e. The van der Waals surface area contributed by atoms with Crippen molar-refractivity contribution in [3.63, 3.8) is 0 Å². The van der Waals surface area contributed by atoms with Crippen LogP contribution in [0.15, 0.2) is 48.5 Å². The van der Waals surface area contributed by atoms with E-state index in [-0.39, 0.29) is 0 Å². The summed E-state index contributed by atoms with van der Waals surface area (Å²) in [6.07, 6.45) is 1.15. The number of hydrogen-bond donors (Lipinski definition) is 1. The molecule has 0 bridgehead atoms. The Morgan fingerprint density at radius 2 is 1.79 bits per heavy atom. The lowest BCUT2D eigenvalue weighted by Crippen LogP contribution is -2.13. The lowest BCUT2D eigenvalue weighted by Gasteiger charge is -2.08. The maximum atomic E-state index is 5.87. The molecule has 0 saturated carbocycles. The SMILES string of the molecule is CCCNCc1cccc(Oc2cccc(I)c2)c1. The van der Waals surface area contributed by atoms with E-state index in [1.54, 1.807) is 0 Å². The Hall–Kier alpha value is -1.07. The fourth-order valence-corrected chi connectivity index (χ4v) is 2.31. The summed E-state index contributed by atoms with van der Waals surface area (Å²) in [6, 6.07) is 16.3. The number of hydrogen-bond acceptors (Lipinski definition) is 2. The van der Waals surface area contributed by atoms with E-state index in [2.05, 4.69) is 53.0 Å². The van der Waals surface area contributed by atoms with E-state index in [0.717, 1.165) is 31.0 Å². The Morgan fingerprint density at radius 3 is 2.53 bits per heavy atom. The first-order valence-electron chi connectivity index (χ1n) is 6.51. The molecule has 0 aliphatic carbocycles. The summed E-state index contributed by atoms with van der Waals surface area (Å²) in [7, 11) is 0. The standard InChI is InChI=1S/C16H18INO/c1-2-9-18-12-13-5-3-7-15(10-13)19-16-8-4-6-14(17)11-16/h3-8,10-11,18H,2,9,12H2,1H3. The molecule has 0 atom stereocenters. The minimum absolute atomic E-state index is 0.880. The Bertz CT molecular complexity index is 528. The highest BCUT2D eigenvalue weighted by molar-refractivity contribution is 14.1. The molecule has 2 aromatic rings. The molecule has 0 amide bonds. The van der Waals surface area contributed by atoms with E-state index < -0.39 is 0 Å². The van der Waals surface area contributed by atoms with Gasteiger partial charge in [0.05, 0.1) is 0 Å². The number of halogens is 1. The van der Waals surface area contributed by atoms with Crippen molar-refractivity contribution in [1.29, 1.82) is 0 Å². The van der Waals surface area contributed by atoms with Gasteiger partial charge < -0.3 is 10.1 Å². The van der Waals surface area contributed by atoms with Gasteiger partial charge in [0.15, 0.2) is 0 Å². The lowest BCUT2D eigenvalue weighted by molar-refractivity contribution is 0.481. The maximum Gasteiger partial charge on any atom is 0.128 e. The average Bonchev–Trinajstić information content (AvgIpc) is 2.39. The van der Waals surface area contributed by atoms with Crippen molar-refractivity contribution < 1.29 is 4.74 Å². The zero-order valence-electron chi connectivity index (χ0n) is 11.0. The molecule has 0 aromatic heterocycles. The topological polar surface area (TPSA) is 21.3 Å². The summed E-state index contributed by atoms with van der Waals surface area (Å²) in [4.78, 5) is 0. The molecule has 19 heavy (non-hydrogen) atoms. The second-order valence-electron chi connectivity index (χ2n) is 4.38. The van der Waals surface area contributed by atoms with Crippen LogP contribution in [0.4, 0.5) is 0 Å². The van der Waals surface area contributed by atoms with Crippen molar-refractivity contribution in [2.45, 2.75) is 19.9 Å². The third kappa shape index (κ3) is 4.84. The molecule has 2 aromatic carbocycles. The minimum atomic E-state index is 0.880. The third-order valence-electron chi connectivity index (χ3n) is 2.69. The average molecular weight is 367 g/mol. The molecular weight excluding hydrogens is 349 g/mol. The monoisotopic (exact) mass is 367 g/mol. The van der Waals surface area contributed by atoms with Gasteiger partial charge in [0, 0.05) is 10.1 Å². The molecule has 0 radical (unpaired) electrons. The molecular formula is C16H18INO. The molecule has 0 spiro atoms. The van der Waals surface area contributed by atoms with Crippen LogP contribution in [0.1, 0.15) is 18.9 Å². The molecule has 2 nitrogen and oxygen atoms in total. The molecule has 3 heteroatoms. The van der Waals surface area contributed by atoms with Crippen molar-refractivity contribution in [3.8, 4) is 11.5 Å². The summed E-state index contributed by atoms with van der Waals surface area (Å²) < 4.78 is 7.05. The minimum Gasteiger partial charge on any atom is -0.457 e. The van der Waals surface area contributed by atoms with E-state index in [0.29, 0.717) is 0 Å². The molecule has 0 unspecified atom stereocenters. The summed E-state index contributed by atoms with van der Waals surface area (Å²) in [5.41, 5.74) is 1.25. The number of benzene rings is 2.